The van der Waals surface area contributed by atoms with E-state index >= 15 is 0 Å². The average molecular weight is 317 g/mol. The molecule has 1 saturated carbocycles. The molecule has 0 spiro atoms. The van der Waals surface area contributed by atoms with Gasteiger partial charge in [-0.15, -0.1) is 0 Å². The van der Waals surface area contributed by atoms with E-state index in [4.69, 9.17) is 16.7 Å². The summed E-state index contributed by atoms with van der Waals surface area (Å²) >= 11 is 5.98. The molecule has 0 atom stereocenters. The number of primary sulfonamides is 1. The van der Waals surface area contributed by atoms with Crippen LogP contribution in [0.2, 0.25) is 5.02 Å². The molecular formula is C13H17ClN2O3S. The largest absolute Gasteiger partial charge is 0.347 e. The number of nitrogens with two attached hydrogens (primary N) is 1. The van der Waals surface area contributed by atoms with Gasteiger partial charge in [0.05, 0.1) is 15.5 Å². The number of halogens is 1. The van der Waals surface area contributed by atoms with Gasteiger partial charge in [0.2, 0.25) is 10.0 Å². The first kappa shape index (κ1) is 15.3. The van der Waals surface area contributed by atoms with Gasteiger partial charge < -0.3 is 5.32 Å². The number of amides is 1. The molecule has 0 radical (unpaired) electrons. The highest BCUT2D eigenvalue weighted by Gasteiger charge is 2.31. The van der Waals surface area contributed by atoms with Gasteiger partial charge in [0.1, 0.15) is 0 Å². The van der Waals surface area contributed by atoms with Crippen LogP contribution in [0.5, 0.6) is 0 Å². The summed E-state index contributed by atoms with van der Waals surface area (Å²) in [6.07, 6.45) is 3.96. The van der Waals surface area contributed by atoms with Crippen LogP contribution in [0, 0.1) is 0 Å². The molecule has 7 heteroatoms. The molecule has 20 heavy (non-hydrogen) atoms. The second-order valence-corrected chi connectivity index (χ2v) is 7.38. The Bertz CT molecular complexity index is 637. The number of carbonyl (C=O) groups excluding carboxylic acids is 1. The van der Waals surface area contributed by atoms with E-state index in [0.29, 0.717) is 0 Å². The minimum atomic E-state index is -3.86. The molecule has 0 bridgehead atoms. The first-order valence-corrected chi connectivity index (χ1v) is 8.29. The molecule has 1 aliphatic rings. The summed E-state index contributed by atoms with van der Waals surface area (Å²) in [5, 5.41) is 8.20. The Balaban J connectivity index is 2.30. The van der Waals surface area contributed by atoms with Crippen molar-refractivity contribution in [1.82, 2.24) is 5.32 Å². The molecular weight excluding hydrogens is 300 g/mol. The topological polar surface area (TPSA) is 89.3 Å². The predicted octanol–water partition coefficient (Wildman–Crippen LogP) is 2.05. The molecule has 0 saturated heterocycles. The lowest BCUT2D eigenvalue weighted by Crippen LogP contribution is -2.43. The lowest BCUT2D eigenvalue weighted by Gasteiger charge is -2.25. The van der Waals surface area contributed by atoms with Crippen LogP contribution in [0.25, 0.3) is 0 Å². The van der Waals surface area contributed by atoms with E-state index in [-0.39, 0.29) is 26.9 Å². The van der Waals surface area contributed by atoms with Crippen molar-refractivity contribution in [3.8, 4) is 0 Å². The molecule has 3 N–H and O–H groups in total. The third-order valence-electron chi connectivity index (χ3n) is 3.63. The van der Waals surface area contributed by atoms with Crippen molar-refractivity contribution >= 4 is 27.5 Å². The van der Waals surface area contributed by atoms with Crippen LogP contribution in [0.1, 0.15) is 43.0 Å². The summed E-state index contributed by atoms with van der Waals surface area (Å²) in [6.45, 7) is 1.98. The van der Waals surface area contributed by atoms with Crippen LogP contribution in [-0.4, -0.2) is 19.9 Å². The Hall–Kier alpha value is -1.11. The van der Waals surface area contributed by atoms with E-state index in [9.17, 15) is 13.2 Å². The Kier molecular flexibility index (Phi) is 4.09. The maximum Gasteiger partial charge on any atom is 0.253 e. The third kappa shape index (κ3) is 3.31. The molecule has 1 aliphatic carbocycles. The summed E-state index contributed by atoms with van der Waals surface area (Å²) in [5.74, 6) is -0.370. The van der Waals surface area contributed by atoms with Crippen molar-refractivity contribution in [1.29, 1.82) is 0 Å². The van der Waals surface area contributed by atoms with Crippen LogP contribution in [-0.2, 0) is 10.0 Å². The number of carbonyl (C=O) groups is 1. The number of hydrogen-bond donors (Lipinski definition) is 2. The number of sulfonamides is 1. The van der Waals surface area contributed by atoms with Gasteiger partial charge in [-0.25, -0.2) is 13.6 Å². The molecule has 1 aromatic carbocycles. The Labute approximate surface area is 123 Å². The number of benzene rings is 1. The summed E-state index contributed by atoms with van der Waals surface area (Å²) < 4.78 is 22.7. The van der Waals surface area contributed by atoms with E-state index in [1.54, 1.807) is 0 Å². The lowest BCUT2D eigenvalue weighted by molar-refractivity contribution is 0.0908. The minimum absolute atomic E-state index is 0.122. The monoisotopic (exact) mass is 316 g/mol. The molecule has 1 amide bonds. The molecule has 0 aliphatic heterocycles. The highest BCUT2D eigenvalue weighted by atomic mass is 35.5. The maximum absolute atomic E-state index is 12.3. The second kappa shape index (κ2) is 5.35. The zero-order valence-corrected chi connectivity index (χ0v) is 12.7. The molecule has 1 fully saturated rings. The number of nitrogens with one attached hydrogen (secondary N) is 1. The van der Waals surface area contributed by atoms with Crippen molar-refractivity contribution in [3.63, 3.8) is 0 Å². The van der Waals surface area contributed by atoms with Crippen molar-refractivity contribution in [2.45, 2.75) is 43.0 Å². The number of hydrogen-bond acceptors (Lipinski definition) is 3. The van der Waals surface area contributed by atoms with Gasteiger partial charge in [-0.2, -0.15) is 0 Å². The van der Waals surface area contributed by atoms with Crippen molar-refractivity contribution < 1.29 is 13.2 Å². The summed E-state index contributed by atoms with van der Waals surface area (Å²) in [5.41, 5.74) is -0.121. The van der Waals surface area contributed by atoms with Gasteiger partial charge in [0.25, 0.3) is 5.91 Å². The second-order valence-electron chi connectivity index (χ2n) is 5.41. The summed E-state index contributed by atoms with van der Waals surface area (Å²) in [7, 11) is -3.86. The van der Waals surface area contributed by atoms with Crippen LogP contribution >= 0.6 is 11.6 Å². The first-order valence-electron chi connectivity index (χ1n) is 6.36. The van der Waals surface area contributed by atoms with E-state index in [1.165, 1.54) is 18.2 Å². The molecule has 0 heterocycles. The van der Waals surface area contributed by atoms with E-state index in [0.717, 1.165) is 25.7 Å². The van der Waals surface area contributed by atoms with Gasteiger partial charge in [-0.05, 0) is 38.0 Å². The average Bonchev–Trinajstić information content (AvgIpc) is 2.74. The van der Waals surface area contributed by atoms with Crippen LogP contribution < -0.4 is 10.5 Å². The Morgan fingerprint density at radius 1 is 1.35 bits per heavy atom. The van der Waals surface area contributed by atoms with Gasteiger partial charge in [-0.3, -0.25) is 4.79 Å². The highest BCUT2D eigenvalue weighted by Crippen LogP contribution is 2.30. The van der Waals surface area contributed by atoms with E-state index in [1.807, 2.05) is 6.92 Å². The first-order chi connectivity index (χ1) is 9.21. The van der Waals surface area contributed by atoms with Crippen molar-refractivity contribution in [2.75, 3.05) is 0 Å². The molecule has 0 unspecified atom stereocenters. The van der Waals surface area contributed by atoms with Crippen LogP contribution in [0.3, 0.4) is 0 Å². The van der Waals surface area contributed by atoms with E-state index < -0.39 is 10.0 Å². The standard InChI is InChI=1S/C13H17ClN2O3S/c1-13(6-2-3-7-13)16-12(17)10-8-9(20(15,18)19)4-5-11(10)14/h4-5,8H,2-3,6-7H2,1H3,(H,16,17)(H2,15,18,19). The number of rotatable bonds is 3. The lowest BCUT2D eigenvalue weighted by atomic mass is 10.00. The molecule has 110 valence electrons. The van der Waals surface area contributed by atoms with Crippen molar-refractivity contribution in [2.24, 2.45) is 5.14 Å². The fourth-order valence-electron chi connectivity index (χ4n) is 2.48. The van der Waals surface area contributed by atoms with Crippen LogP contribution in [0.15, 0.2) is 23.1 Å². The zero-order chi connectivity index (χ0) is 15.0. The fraction of sp³-hybridized carbons (Fsp3) is 0.462. The zero-order valence-electron chi connectivity index (χ0n) is 11.1. The predicted molar refractivity (Wildman–Crippen MR) is 77.2 cm³/mol. The Morgan fingerprint density at radius 2 is 1.95 bits per heavy atom. The van der Waals surface area contributed by atoms with Gasteiger partial charge in [0, 0.05) is 5.54 Å². The smallest absolute Gasteiger partial charge is 0.253 e. The normalized spacial score (nSPS) is 17.9. The molecule has 2 rings (SSSR count). The van der Waals surface area contributed by atoms with Crippen LogP contribution in [0.4, 0.5) is 0 Å². The minimum Gasteiger partial charge on any atom is -0.347 e. The van der Waals surface area contributed by atoms with Crippen molar-refractivity contribution in [3.05, 3.63) is 28.8 Å². The van der Waals surface area contributed by atoms with Gasteiger partial charge in [0.15, 0.2) is 0 Å². The molecule has 1 aromatic rings. The highest BCUT2D eigenvalue weighted by molar-refractivity contribution is 7.89. The fourth-order valence-corrected chi connectivity index (χ4v) is 3.22. The third-order valence-corrected chi connectivity index (χ3v) is 4.87. The SMILES string of the molecule is CC1(NC(=O)c2cc(S(N)(=O)=O)ccc2Cl)CCCC1. The quantitative estimate of drug-likeness (QED) is 0.894. The molecule has 0 aromatic heterocycles. The summed E-state index contributed by atoms with van der Waals surface area (Å²) in [4.78, 5) is 12.2. The maximum atomic E-state index is 12.3. The Morgan fingerprint density at radius 3 is 2.50 bits per heavy atom. The van der Waals surface area contributed by atoms with E-state index in [2.05, 4.69) is 5.32 Å². The summed E-state index contributed by atoms with van der Waals surface area (Å²) in [6, 6.07) is 3.87. The molecule has 5 nitrogen and oxygen atoms in total. The van der Waals surface area contributed by atoms with Gasteiger partial charge >= 0.3 is 0 Å². The van der Waals surface area contributed by atoms with Gasteiger partial charge in [-0.1, -0.05) is 24.4 Å².